The van der Waals surface area contributed by atoms with Crippen molar-refractivity contribution in [2.24, 2.45) is 35.0 Å². The number of fused-ring (bicyclic) bond motifs is 7. The number of carbonyl (C=O) groups is 3. The van der Waals surface area contributed by atoms with Crippen molar-refractivity contribution in [3.63, 3.8) is 0 Å². The minimum atomic E-state index is -3.34. The molecule has 3 aliphatic carbocycles. The van der Waals surface area contributed by atoms with E-state index in [0.29, 0.717) is 41.5 Å². The topological polar surface area (TPSA) is 108 Å². The zero-order valence-corrected chi connectivity index (χ0v) is 28.2. The highest BCUT2D eigenvalue weighted by Crippen LogP contribution is 2.58. The zero-order chi connectivity index (χ0) is 33.8. The lowest BCUT2D eigenvalue weighted by molar-refractivity contribution is -0.159. The molecule has 2 aromatic rings. The van der Waals surface area contributed by atoms with Gasteiger partial charge < -0.3 is 23.9 Å². The van der Waals surface area contributed by atoms with Gasteiger partial charge in [0.1, 0.15) is 24.2 Å². The maximum atomic E-state index is 16.2. The summed E-state index contributed by atoms with van der Waals surface area (Å²) < 4.78 is 50.1. The van der Waals surface area contributed by atoms with Crippen molar-refractivity contribution in [2.75, 3.05) is 13.7 Å². The van der Waals surface area contributed by atoms with Gasteiger partial charge in [-0.15, -0.1) is 0 Å². The normalized spacial score (nSPS) is 34.9. The molecule has 0 spiro atoms. The van der Waals surface area contributed by atoms with Crippen LogP contribution in [0.1, 0.15) is 96.6 Å². The summed E-state index contributed by atoms with van der Waals surface area (Å²) in [5.41, 5.74) is -0.337. The van der Waals surface area contributed by atoms with Crippen LogP contribution in [0.2, 0.25) is 0 Å². The number of carbonyl (C=O) groups excluding carboxylic acids is 3. The van der Waals surface area contributed by atoms with Crippen LogP contribution in [-0.4, -0.2) is 64.9 Å². The van der Waals surface area contributed by atoms with Gasteiger partial charge in [-0.25, -0.2) is 9.97 Å². The quantitative estimate of drug-likeness (QED) is 0.265. The smallest absolute Gasteiger partial charge is 0.306 e. The number of amides is 1. The molecule has 0 radical (unpaired) electrons. The molecule has 1 saturated heterocycles. The van der Waals surface area contributed by atoms with Gasteiger partial charge in [-0.3, -0.25) is 9.59 Å². The Morgan fingerprint density at radius 3 is 2.48 bits per heavy atom. The SMILES string of the molecule is COc1ccc2nc3c(nc2c1)O[C@H]1CN(C(=O)[C@H](C2(C)CCCCC2)CC(=O)O[C@@H]2CC4CC4[C@H]2CCCCC3(F)F)[C@H](C=O)[C@@H]1C. The van der Waals surface area contributed by atoms with Crippen LogP contribution in [0.15, 0.2) is 18.2 Å². The molecular weight excluding hydrogens is 620 g/mol. The van der Waals surface area contributed by atoms with Crippen LogP contribution in [0.3, 0.4) is 0 Å². The maximum Gasteiger partial charge on any atom is 0.306 e. The van der Waals surface area contributed by atoms with E-state index in [1.165, 1.54) is 12.0 Å². The van der Waals surface area contributed by atoms with Crippen LogP contribution in [0, 0.1) is 35.0 Å². The second-order valence-corrected chi connectivity index (χ2v) is 15.4. The Morgan fingerprint density at radius 2 is 1.73 bits per heavy atom. The second-order valence-electron chi connectivity index (χ2n) is 15.4. The van der Waals surface area contributed by atoms with Crippen LogP contribution in [0.25, 0.3) is 11.0 Å². The van der Waals surface area contributed by atoms with Crippen molar-refractivity contribution in [1.82, 2.24) is 14.9 Å². The molecule has 5 aliphatic rings. The second kappa shape index (κ2) is 12.8. The van der Waals surface area contributed by atoms with E-state index in [1.807, 2.05) is 0 Å². The molecule has 0 N–H and O–H groups in total. The number of ether oxygens (including phenoxy) is 3. The monoisotopic (exact) mass is 667 g/mol. The van der Waals surface area contributed by atoms with Gasteiger partial charge >= 0.3 is 5.97 Å². The van der Waals surface area contributed by atoms with Gasteiger partial charge in [0.2, 0.25) is 11.8 Å². The Balaban J connectivity index is 1.27. The minimum absolute atomic E-state index is 0.00192. The lowest BCUT2D eigenvalue weighted by Gasteiger charge is -2.41. The number of halogens is 2. The first-order valence-corrected chi connectivity index (χ1v) is 17.9. The number of rotatable bonds is 3. The molecule has 2 unspecified atom stereocenters. The lowest BCUT2D eigenvalue weighted by Crippen LogP contribution is -2.48. The first kappa shape index (κ1) is 33.1. The van der Waals surface area contributed by atoms with Crippen molar-refractivity contribution in [2.45, 2.75) is 115 Å². The zero-order valence-electron chi connectivity index (χ0n) is 28.2. The number of methoxy groups -OCH3 is 1. The first-order chi connectivity index (χ1) is 23.0. The highest BCUT2D eigenvalue weighted by atomic mass is 19.3. The van der Waals surface area contributed by atoms with Gasteiger partial charge in [0.25, 0.3) is 5.92 Å². The van der Waals surface area contributed by atoms with E-state index in [1.54, 1.807) is 25.1 Å². The molecule has 3 heterocycles. The number of aromatic nitrogens is 2. The molecule has 11 heteroatoms. The number of benzene rings is 1. The third-order valence-electron chi connectivity index (χ3n) is 12.3. The summed E-state index contributed by atoms with van der Waals surface area (Å²) in [5.74, 6) is -3.87. The molecule has 1 aromatic heterocycles. The Kier molecular flexibility index (Phi) is 8.85. The standard InChI is InChI=1S/C37H47F2N3O6/c1-21-29(20-43)42-19-31(21)48-34-33(40-27-11-10-23(46-3)17-28(27)41-34)37(38,39)14-8-5-9-24-25-15-22(25)16-30(24)47-32(44)18-26(35(42)45)36(2)12-6-4-7-13-36/h10-11,17,20-22,24-26,29-31H,4-9,12-16,18-19H2,1-3H3/t21-,22?,24+,25?,26+,29+,30+,31-/m0/s1. The van der Waals surface area contributed by atoms with Crippen molar-refractivity contribution in [1.29, 1.82) is 0 Å². The van der Waals surface area contributed by atoms with E-state index in [9.17, 15) is 14.4 Å². The lowest BCUT2D eigenvalue weighted by atomic mass is 9.65. The van der Waals surface area contributed by atoms with Crippen LogP contribution < -0.4 is 9.47 Å². The average Bonchev–Trinajstić information content (AvgIpc) is 3.65. The third-order valence-corrected chi connectivity index (χ3v) is 12.3. The number of hydrogen-bond acceptors (Lipinski definition) is 8. The third kappa shape index (κ3) is 6.15. The maximum absolute atomic E-state index is 16.2. The van der Waals surface area contributed by atoms with Gasteiger partial charge in [-0.1, -0.05) is 39.5 Å². The molecule has 3 saturated carbocycles. The highest BCUT2D eigenvalue weighted by Gasteiger charge is 2.55. The van der Waals surface area contributed by atoms with Gasteiger partial charge in [0, 0.05) is 18.4 Å². The largest absolute Gasteiger partial charge is 0.497 e. The number of hydrogen-bond donors (Lipinski definition) is 0. The summed E-state index contributed by atoms with van der Waals surface area (Å²) in [6, 6.07) is 4.03. The molecule has 1 aromatic carbocycles. The Morgan fingerprint density at radius 1 is 0.958 bits per heavy atom. The van der Waals surface area contributed by atoms with Crippen molar-refractivity contribution in [3.05, 3.63) is 23.9 Å². The van der Waals surface area contributed by atoms with Gasteiger partial charge in [0.05, 0.1) is 43.1 Å². The van der Waals surface area contributed by atoms with Gasteiger partial charge in [0.15, 0.2) is 5.69 Å². The van der Waals surface area contributed by atoms with Crippen LogP contribution in [-0.2, 0) is 25.0 Å². The fraction of sp³-hybridized carbons (Fsp3) is 0.703. The number of alkyl halides is 2. The fourth-order valence-electron chi connectivity index (χ4n) is 9.29. The molecule has 9 nitrogen and oxygen atoms in total. The van der Waals surface area contributed by atoms with Crippen molar-refractivity contribution in [3.8, 4) is 11.6 Å². The molecule has 4 fully saturated rings. The average molecular weight is 668 g/mol. The van der Waals surface area contributed by atoms with Crippen LogP contribution in [0.5, 0.6) is 11.6 Å². The minimum Gasteiger partial charge on any atom is -0.497 e. The van der Waals surface area contributed by atoms with Gasteiger partial charge in [-0.2, -0.15) is 8.78 Å². The summed E-state index contributed by atoms with van der Waals surface area (Å²) in [6.07, 6.45) is 7.24. The first-order valence-electron chi connectivity index (χ1n) is 17.9. The summed E-state index contributed by atoms with van der Waals surface area (Å²) in [7, 11) is 1.51. The molecule has 260 valence electrons. The predicted octanol–water partition coefficient (Wildman–Crippen LogP) is 6.64. The Labute approximate surface area is 280 Å². The molecule has 7 rings (SSSR count). The summed E-state index contributed by atoms with van der Waals surface area (Å²) in [5, 5.41) is 0. The van der Waals surface area contributed by atoms with E-state index in [4.69, 9.17) is 14.2 Å². The Bertz CT molecular complexity index is 1560. The molecular formula is C37H47F2N3O6. The predicted molar refractivity (Wildman–Crippen MR) is 172 cm³/mol. The Hall–Kier alpha value is -3.37. The summed E-state index contributed by atoms with van der Waals surface area (Å²) in [6.45, 7) is 3.87. The molecule has 8 atom stereocenters. The van der Waals surface area contributed by atoms with Crippen molar-refractivity contribution >= 4 is 29.2 Å². The van der Waals surface area contributed by atoms with Crippen molar-refractivity contribution < 1.29 is 37.4 Å². The number of nitrogens with zero attached hydrogens (tertiary/aromatic N) is 3. The number of aldehydes is 1. The van der Waals surface area contributed by atoms with E-state index >= 15 is 8.78 Å². The fourth-order valence-corrected chi connectivity index (χ4v) is 9.29. The molecule has 2 aliphatic heterocycles. The molecule has 48 heavy (non-hydrogen) atoms. The summed E-state index contributed by atoms with van der Waals surface area (Å²) >= 11 is 0. The van der Waals surface area contributed by atoms with Gasteiger partial charge in [-0.05, 0) is 73.8 Å². The van der Waals surface area contributed by atoms with E-state index in [-0.39, 0.29) is 49.2 Å². The number of esters is 1. The van der Waals surface area contributed by atoms with E-state index < -0.39 is 47.4 Å². The summed E-state index contributed by atoms with van der Waals surface area (Å²) in [4.78, 5) is 51.3. The van der Waals surface area contributed by atoms with Crippen LogP contribution in [0.4, 0.5) is 8.78 Å². The van der Waals surface area contributed by atoms with E-state index in [0.717, 1.165) is 51.2 Å². The van der Waals surface area contributed by atoms with Crippen LogP contribution >= 0.6 is 0 Å². The highest BCUT2D eigenvalue weighted by molar-refractivity contribution is 5.87. The molecule has 2 bridgehead atoms. The molecule has 1 amide bonds. The van der Waals surface area contributed by atoms with E-state index in [2.05, 4.69) is 16.9 Å².